The van der Waals surface area contributed by atoms with E-state index in [0.717, 1.165) is 15.6 Å². The van der Waals surface area contributed by atoms with Crippen LogP contribution in [0.2, 0.25) is 0 Å². The zero-order chi connectivity index (χ0) is 21.5. The van der Waals surface area contributed by atoms with E-state index in [9.17, 15) is 4.79 Å². The molecule has 0 bridgehead atoms. The summed E-state index contributed by atoms with van der Waals surface area (Å²) in [5.74, 6) is 0.838. The first-order valence-electron chi connectivity index (χ1n) is 9.48. The Balaban J connectivity index is 1.88. The van der Waals surface area contributed by atoms with Gasteiger partial charge in [0.1, 0.15) is 11.9 Å². The Morgan fingerprint density at radius 1 is 1.20 bits per heavy atom. The van der Waals surface area contributed by atoms with Gasteiger partial charge in [0.15, 0.2) is 5.82 Å². The lowest BCUT2D eigenvalue weighted by Crippen LogP contribution is -2.19. The van der Waals surface area contributed by atoms with Crippen LogP contribution in [0.15, 0.2) is 59.2 Å². The number of nitrogens with zero attached hydrogens (tertiary/aromatic N) is 2. The minimum atomic E-state index is -0.254. The summed E-state index contributed by atoms with van der Waals surface area (Å²) in [7, 11) is 3.43. The number of carbonyl (C=O) groups excluding carboxylic acids is 1. The van der Waals surface area contributed by atoms with Crippen LogP contribution in [-0.2, 0) is 11.8 Å². The van der Waals surface area contributed by atoms with Gasteiger partial charge in [0, 0.05) is 36.5 Å². The summed E-state index contributed by atoms with van der Waals surface area (Å²) in [5, 5.41) is 7.01. The highest BCUT2D eigenvalue weighted by Crippen LogP contribution is 2.22. The molecule has 1 amide bonds. The van der Waals surface area contributed by atoms with Gasteiger partial charge in [-0.15, -0.1) is 0 Å². The number of benzene rings is 2. The first-order valence-corrected chi connectivity index (χ1v) is 10.3. The van der Waals surface area contributed by atoms with Crippen molar-refractivity contribution in [2.45, 2.75) is 13.0 Å². The van der Waals surface area contributed by atoms with Crippen molar-refractivity contribution in [2.24, 2.45) is 7.05 Å². The Morgan fingerprint density at radius 2 is 2.00 bits per heavy atom. The molecule has 0 aliphatic rings. The lowest BCUT2D eigenvalue weighted by Gasteiger charge is -2.15. The standard InChI is InChI=1S/C23H24BrN3O3/c1-16(15-29-3)30-21-13-18(8-7-17-5-4-6-20(24)12-17)11-19(14-21)23(28)25-22-9-10-27(2)26-22/h4-14,16H,15H2,1-3H3,(H,25,26,28)/t16-/m0/s1. The van der Waals surface area contributed by atoms with E-state index in [-0.39, 0.29) is 12.0 Å². The van der Waals surface area contributed by atoms with Gasteiger partial charge >= 0.3 is 0 Å². The monoisotopic (exact) mass is 469 g/mol. The molecule has 0 aliphatic carbocycles. The molecule has 1 atom stereocenters. The molecule has 0 aliphatic heterocycles. The second kappa shape index (κ2) is 10.2. The largest absolute Gasteiger partial charge is 0.488 e. The van der Waals surface area contributed by atoms with Gasteiger partial charge in [-0.2, -0.15) is 5.10 Å². The third kappa shape index (κ3) is 6.30. The molecule has 0 fully saturated rings. The number of nitrogens with one attached hydrogen (secondary N) is 1. The normalized spacial score (nSPS) is 12.1. The number of aromatic nitrogens is 2. The number of amides is 1. The molecular weight excluding hydrogens is 446 g/mol. The van der Waals surface area contributed by atoms with Gasteiger partial charge < -0.3 is 14.8 Å². The Bertz CT molecular complexity index is 1050. The van der Waals surface area contributed by atoms with Crippen LogP contribution < -0.4 is 10.1 Å². The van der Waals surface area contributed by atoms with Gasteiger partial charge in [0.25, 0.3) is 5.91 Å². The van der Waals surface area contributed by atoms with Gasteiger partial charge in [-0.3, -0.25) is 9.48 Å². The Morgan fingerprint density at radius 3 is 2.70 bits per heavy atom. The highest BCUT2D eigenvalue weighted by Gasteiger charge is 2.12. The van der Waals surface area contributed by atoms with Crippen molar-refractivity contribution in [3.63, 3.8) is 0 Å². The van der Waals surface area contributed by atoms with Crippen LogP contribution in [0, 0.1) is 0 Å². The summed E-state index contributed by atoms with van der Waals surface area (Å²) in [6.07, 6.45) is 5.56. The highest BCUT2D eigenvalue weighted by molar-refractivity contribution is 9.10. The number of halogens is 1. The Hall–Kier alpha value is -2.90. The van der Waals surface area contributed by atoms with E-state index in [1.165, 1.54) is 0 Å². The molecule has 7 heteroatoms. The maximum atomic E-state index is 12.8. The summed E-state index contributed by atoms with van der Waals surface area (Å²) in [5.41, 5.74) is 2.38. The topological polar surface area (TPSA) is 65.4 Å². The third-order valence-corrected chi connectivity index (χ3v) is 4.70. The average molecular weight is 470 g/mol. The minimum absolute atomic E-state index is 0.147. The highest BCUT2D eigenvalue weighted by atomic mass is 79.9. The van der Waals surface area contributed by atoms with Crippen molar-refractivity contribution in [2.75, 3.05) is 19.0 Å². The van der Waals surface area contributed by atoms with Gasteiger partial charge in [-0.05, 0) is 48.4 Å². The number of methoxy groups -OCH3 is 1. The van der Waals surface area contributed by atoms with Crippen LogP contribution in [0.1, 0.15) is 28.4 Å². The zero-order valence-corrected chi connectivity index (χ0v) is 18.7. The smallest absolute Gasteiger partial charge is 0.257 e. The van der Waals surface area contributed by atoms with Gasteiger partial charge in [-0.25, -0.2) is 0 Å². The number of anilines is 1. The lowest BCUT2D eigenvalue weighted by atomic mass is 10.1. The molecule has 3 rings (SSSR count). The molecule has 1 aromatic heterocycles. The fourth-order valence-corrected chi connectivity index (χ4v) is 3.31. The summed E-state index contributed by atoms with van der Waals surface area (Å²) < 4.78 is 13.7. The lowest BCUT2D eigenvalue weighted by molar-refractivity contribution is 0.0917. The molecule has 0 saturated carbocycles. The number of carbonyl (C=O) groups is 1. The molecule has 6 nitrogen and oxygen atoms in total. The fourth-order valence-electron chi connectivity index (χ4n) is 2.89. The first kappa shape index (κ1) is 21.8. The molecule has 30 heavy (non-hydrogen) atoms. The predicted molar refractivity (Wildman–Crippen MR) is 123 cm³/mol. The maximum Gasteiger partial charge on any atom is 0.257 e. The van der Waals surface area contributed by atoms with Crippen molar-refractivity contribution in [1.29, 1.82) is 0 Å². The quantitative estimate of drug-likeness (QED) is 0.470. The Labute approximate surface area is 184 Å². The second-order valence-corrected chi connectivity index (χ2v) is 7.81. The molecule has 3 aromatic rings. The van der Waals surface area contributed by atoms with Crippen LogP contribution in [0.25, 0.3) is 12.2 Å². The van der Waals surface area contributed by atoms with E-state index >= 15 is 0 Å². The maximum absolute atomic E-state index is 12.8. The Kier molecular flexibility index (Phi) is 7.43. The van der Waals surface area contributed by atoms with Crippen molar-refractivity contribution in [3.8, 4) is 5.75 Å². The molecule has 0 spiro atoms. The van der Waals surface area contributed by atoms with Crippen LogP contribution in [0.3, 0.4) is 0 Å². The van der Waals surface area contributed by atoms with Crippen molar-refractivity contribution in [1.82, 2.24) is 9.78 Å². The number of ether oxygens (including phenoxy) is 2. The molecule has 1 heterocycles. The van der Waals surface area contributed by atoms with Gasteiger partial charge in [0.2, 0.25) is 0 Å². The van der Waals surface area contributed by atoms with E-state index in [1.54, 1.807) is 37.2 Å². The van der Waals surface area contributed by atoms with E-state index in [0.29, 0.717) is 23.7 Å². The molecule has 156 valence electrons. The SMILES string of the molecule is COC[C@H](C)Oc1cc(C=Cc2cccc(Br)c2)cc(C(=O)Nc2ccn(C)n2)c1. The van der Waals surface area contributed by atoms with Gasteiger partial charge in [0.05, 0.1) is 6.61 Å². The van der Waals surface area contributed by atoms with E-state index < -0.39 is 0 Å². The first-order chi connectivity index (χ1) is 14.4. The molecule has 0 saturated heterocycles. The fraction of sp³-hybridized carbons (Fsp3) is 0.217. The van der Waals surface area contributed by atoms with Crippen LogP contribution in [-0.4, -0.2) is 35.5 Å². The predicted octanol–water partition coefficient (Wildman–Crippen LogP) is 5.02. The van der Waals surface area contributed by atoms with E-state index in [1.807, 2.05) is 55.5 Å². The van der Waals surface area contributed by atoms with Crippen LogP contribution in [0.5, 0.6) is 5.75 Å². The third-order valence-electron chi connectivity index (χ3n) is 4.20. The molecule has 0 unspecified atom stereocenters. The van der Waals surface area contributed by atoms with Crippen LogP contribution in [0.4, 0.5) is 5.82 Å². The molecule has 0 radical (unpaired) electrons. The van der Waals surface area contributed by atoms with E-state index in [4.69, 9.17) is 9.47 Å². The summed E-state index contributed by atoms with van der Waals surface area (Å²) in [6, 6.07) is 15.2. The summed E-state index contributed by atoms with van der Waals surface area (Å²) in [4.78, 5) is 12.8. The minimum Gasteiger partial charge on any atom is -0.488 e. The summed E-state index contributed by atoms with van der Waals surface area (Å²) >= 11 is 3.48. The van der Waals surface area contributed by atoms with E-state index in [2.05, 4.69) is 26.3 Å². The van der Waals surface area contributed by atoms with Crippen molar-refractivity contribution in [3.05, 3.63) is 75.9 Å². The summed E-state index contributed by atoms with van der Waals surface area (Å²) in [6.45, 7) is 2.37. The second-order valence-electron chi connectivity index (χ2n) is 6.89. The zero-order valence-electron chi connectivity index (χ0n) is 17.1. The average Bonchev–Trinajstić information content (AvgIpc) is 3.11. The number of hydrogen-bond donors (Lipinski definition) is 1. The van der Waals surface area contributed by atoms with Crippen LogP contribution >= 0.6 is 15.9 Å². The van der Waals surface area contributed by atoms with Crippen molar-refractivity contribution >= 4 is 39.8 Å². The molecule has 2 aromatic carbocycles. The van der Waals surface area contributed by atoms with Crippen molar-refractivity contribution < 1.29 is 14.3 Å². The van der Waals surface area contributed by atoms with Gasteiger partial charge in [-0.1, -0.05) is 40.2 Å². The number of hydrogen-bond acceptors (Lipinski definition) is 4. The molecular formula is C23H24BrN3O3. The number of rotatable bonds is 8. The number of aryl methyl sites for hydroxylation is 1. The molecule has 1 N–H and O–H groups in total.